The average molecular weight is 284 g/mol. The fourth-order valence-corrected chi connectivity index (χ4v) is 3.19. The van der Waals surface area contributed by atoms with Crippen LogP contribution in [0.5, 0.6) is 0 Å². The van der Waals surface area contributed by atoms with E-state index in [1.807, 2.05) is 42.5 Å². The molecule has 0 atom stereocenters. The van der Waals surface area contributed by atoms with Crippen LogP contribution >= 0.6 is 0 Å². The molecule has 1 heterocycles. The quantitative estimate of drug-likeness (QED) is 0.868. The number of amides is 3. The third kappa shape index (κ3) is 2.71. The summed E-state index contributed by atoms with van der Waals surface area (Å²) in [7, 11) is 0. The van der Waals surface area contributed by atoms with Crippen LogP contribution in [0.25, 0.3) is 6.08 Å². The van der Waals surface area contributed by atoms with Crippen molar-refractivity contribution in [3.63, 3.8) is 0 Å². The molecule has 1 aromatic carbocycles. The summed E-state index contributed by atoms with van der Waals surface area (Å²) < 4.78 is 0. The molecule has 0 unspecified atom stereocenters. The van der Waals surface area contributed by atoms with Crippen LogP contribution in [-0.2, 0) is 4.79 Å². The van der Waals surface area contributed by atoms with Crippen molar-refractivity contribution in [2.24, 2.45) is 0 Å². The number of imide groups is 1. The topological polar surface area (TPSA) is 49.4 Å². The summed E-state index contributed by atoms with van der Waals surface area (Å²) in [6, 6.07) is 9.62. The molecule has 1 aliphatic carbocycles. The molecule has 110 valence electrons. The van der Waals surface area contributed by atoms with E-state index < -0.39 is 5.54 Å². The Bertz CT molecular complexity index is 559. The molecule has 1 spiro atoms. The monoisotopic (exact) mass is 284 g/mol. The first-order chi connectivity index (χ1) is 10.2. The molecular formula is C17H20N2O2. The number of nitrogens with one attached hydrogen (secondary N) is 1. The molecule has 3 amide bonds. The molecular weight excluding hydrogens is 264 g/mol. The molecule has 0 bridgehead atoms. The molecule has 1 aliphatic heterocycles. The van der Waals surface area contributed by atoms with Gasteiger partial charge < -0.3 is 5.32 Å². The summed E-state index contributed by atoms with van der Waals surface area (Å²) in [6.07, 6.45) is 8.53. The molecule has 1 N–H and O–H groups in total. The van der Waals surface area contributed by atoms with Gasteiger partial charge in [-0.05, 0) is 18.4 Å². The molecule has 4 nitrogen and oxygen atoms in total. The smallest absolute Gasteiger partial charge is 0.323 e. The highest BCUT2D eigenvalue weighted by Crippen LogP contribution is 2.33. The number of benzene rings is 1. The molecule has 1 saturated carbocycles. The Kier molecular flexibility index (Phi) is 3.78. The Labute approximate surface area is 124 Å². The zero-order valence-electron chi connectivity index (χ0n) is 12.0. The van der Waals surface area contributed by atoms with Crippen molar-refractivity contribution in [2.75, 3.05) is 6.54 Å². The Morgan fingerprint density at radius 1 is 1.10 bits per heavy atom. The maximum atomic E-state index is 12.5. The van der Waals surface area contributed by atoms with E-state index in [2.05, 4.69) is 5.32 Å². The highest BCUT2D eigenvalue weighted by molar-refractivity contribution is 6.07. The normalized spacial score (nSPS) is 21.2. The summed E-state index contributed by atoms with van der Waals surface area (Å²) in [4.78, 5) is 25.9. The molecule has 0 radical (unpaired) electrons. The molecule has 1 saturated heterocycles. The first-order valence-corrected chi connectivity index (χ1v) is 7.57. The number of carbonyl (C=O) groups excluding carboxylic acids is 2. The van der Waals surface area contributed by atoms with Gasteiger partial charge in [-0.3, -0.25) is 9.69 Å². The number of carbonyl (C=O) groups is 2. The van der Waals surface area contributed by atoms with Gasteiger partial charge in [-0.2, -0.15) is 0 Å². The van der Waals surface area contributed by atoms with Crippen LogP contribution in [0.2, 0.25) is 0 Å². The van der Waals surface area contributed by atoms with Gasteiger partial charge in [0.15, 0.2) is 0 Å². The molecule has 21 heavy (non-hydrogen) atoms. The summed E-state index contributed by atoms with van der Waals surface area (Å²) >= 11 is 0. The minimum Gasteiger partial charge on any atom is -0.323 e. The highest BCUT2D eigenvalue weighted by atomic mass is 16.2. The maximum Gasteiger partial charge on any atom is 0.325 e. The third-order valence-electron chi connectivity index (χ3n) is 4.35. The second kappa shape index (κ2) is 5.72. The zero-order chi connectivity index (χ0) is 14.7. The predicted octanol–water partition coefficient (Wildman–Crippen LogP) is 2.95. The fraction of sp³-hybridized carbons (Fsp3) is 0.412. The average Bonchev–Trinajstić information content (AvgIpc) is 2.73. The summed E-state index contributed by atoms with van der Waals surface area (Å²) in [5.74, 6) is -0.0510. The second-order valence-electron chi connectivity index (χ2n) is 5.80. The summed E-state index contributed by atoms with van der Waals surface area (Å²) in [5.41, 5.74) is 0.451. The number of rotatable bonds is 3. The van der Waals surface area contributed by atoms with Gasteiger partial charge in [-0.1, -0.05) is 61.7 Å². The SMILES string of the molecule is O=C1NC2(CCCCC2)C(=O)N1CC=Cc1ccccc1. The highest BCUT2D eigenvalue weighted by Gasteiger charge is 2.50. The fourth-order valence-electron chi connectivity index (χ4n) is 3.19. The minimum absolute atomic E-state index is 0.0510. The molecule has 2 aliphatic rings. The predicted molar refractivity (Wildman–Crippen MR) is 81.5 cm³/mol. The lowest BCUT2D eigenvalue weighted by Gasteiger charge is -2.30. The van der Waals surface area contributed by atoms with E-state index >= 15 is 0 Å². The number of nitrogens with zero attached hydrogens (tertiary/aromatic N) is 1. The van der Waals surface area contributed by atoms with Crippen molar-refractivity contribution in [1.29, 1.82) is 0 Å². The Morgan fingerprint density at radius 2 is 1.81 bits per heavy atom. The van der Waals surface area contributed by atoms with Crippen molar-refractivity contribution in [3.8, 4) is 0 Å². The van der Waals surface area contributed by atoms with Crippen molar-refractivity contribution in [3.05, 3.63) is 42.0 Å². The van der Waals surface area contributed by atoms with E-state index in [4.69, 9.17) is 0 Å². The van der Waals surface area contributed by atoms with E-state index in [-0.39, 0.29) is 11.9 Å². The molecule has 3 rings (SSSR count). The van der Waals surface area contributed by atoms with Crippen LogP contribution in [0.1, 0.15) is 37.7 Å². The standard InChI is InChI=1S/C17H20N2O2/c20-15-17(11-5-2-6-12-17)18-16(21)19(15)13-7-10-14-8-3-1-4-9-14/h1,3-4,7-10H,2,5-6,11-13H2,(H,18,21). The zero-order valence-corrected chi connectivity index (χ0v) is 12.0. The Morgan fingerprint density at radius 3 is 2.52 bits per heavy atom. The van der Waals surface area contributed by atoms with Gasteiger partial charge in [0.1, 0.15) is 5.54 Å². The van der Waals surface area contributed by atoms with Crippen LogP contribution < -0.4 is 5.32 Å². The van der Waals surface area contributed by atoms with Gasteiger partial charge in [0.05, 0.1) is 0 Å². The van der Waals surface area contributed by atoms with E-state index in [9.17, 15) is 9.59 Å². The molecule has 1 aromatic rings. The van der Waals surface area contributed by atoms with Gasteiger partial charge in [-0.25, -0.2) is 4.79 Å². The second-order valence-corrected chi connectivity index (χ2v) is 5.80. The van der Waals surface area contributed by atoms with E-state index in [0.29, 0.717) is 6.54 Å². The van der Waals surface area contributed by atoms with Crippen LogP contribution in [0.4, 0.5) is 4.79 Å². The number of hydrogen-bond donors (Lipinski definition) is 1. The number of urea groups is 1. The summed E-state index contributed by atoms with van der Waals surface area (Å²) in [5, 5.41) is 2.92. The largest absolute Gasteiger partial charge is 0.325 e. The van der Waals surface area contributed by atoms with Crippen LogP contribution in [0.3, 0.4) is 0 Å². The van der Waals surface area contributed by atoms with E-state index in [0.717, 1.165) is 37.7 Å². The van der Waals surface area contributed by atoms with Gasteiger partial charge in [0.2, 0.25) is 0 Å². The van der Waals surface area contributed by atoms with Crippen LogP contribution in [-0.4, -0.2) is 28.9 Å². The summed E-state index contributed by atoms with van der Waals surface area (Å²) in [6.45, 7) is 0.335. The molecule has 2 fully saturated rings. The van der Waals surface area contributed by atoms with E-state index in [1.54, 1.807) is 0 Å². The Hall–Kier alpha value is -2.10. The van der Waals surface area contributed by atoms with Gasteiger partial charge in [-0.15, -0.1) is 0 Å². The lowest BCUT2D eigenvalue weighted by molar-refractivity contribution is -0.132. The van der Waals surface area contributed by atoms with Crippen molar-refractivity contribution < 1.29 is 9.59 Å². The van der Waals surface area contributed by atoms with Crippen LogP contribution in [0, 0.1) is 0 Å². The van der Waals surface area contributed by atoms with Crippen LogP contribution in [0.15, 0.2) is 36.4 Å². The van der Waals surface area contributed by atoms with Crippen molar-refractivity contribution in [2.45, 2.75) is 37.6 Å². The van der Waals surface area contributed by atoms with Gasteiger partial charge in [0, 0.05) is 6.54 Å². The minimum atomic E-state index is -0.615. The van der Waals surface area contributed by atoms with Crippen molar-refractivity contribution in [1.82, 2.24) is 10.2 Å². The van der Waals surface area contributed by atoms with Gasteiger partial charge in [0.25, 0.3) is 5.91 Å². The maximum absolute atomic E-state index is 12.5. The first kappa shape index (κ1) is 13.9. The molecule has 4 heteroatoms. The molecule has 0 aromatic heterocycles. The lowest BCUT2D eigenvalue weighted by atomic mass is 9.82. The van der Waals surface area contributed by atoms with E-state index in [1.165, 1.54) is 4.90 Å². The van der Waals surface area contributed by atoms with Crippen molar-refractivity contribution >= 4 is 18.0 Å². The lowest BCUT2D eigenvalue weighted by Crippen LogP contribution is -2.48. The van der Waals surface area contributed by atoms with Gasteiger partial charge >= 0.3 is 6.03 Å². The first-order valence-electron chi connectivity index (χ1n) is 7.57. The number of hydrogen-bond acceptors (Lipinski definition) is 2. The third-order valence-corrected chi connectivity index (χ3v) is 4.35. The Balaban J connectivity index is 1.67.